The molecule has 7 nitrogen and oxygen atoms in total. The van der Waals surface area contributed by atoms with Gasteiger partial charge in [0.1, 0.15) is 11.4 Å². The molecule has 3 aromatic rings. The van der Waals surface area contributed by atoms with Crippen molar-refractivity contribution in [2.45, 2.75) is 24.9 Å². The first-order valence-corrected chi connectivity index (χ1v) is 12.2. The van der Waals surface area contributed by atoms with E-state index < -0.39 is 21.8 Å². The number of rotatable bonds is 5. The van der Waals surface area contributed by atoms with Crippen LogP contribution in [-0.4, -0.2) is 54.9 Å². The van der Waals surface area contributed by atoms with E-state index in [0.717, 1.165) is 12.1 Å². The second-order valence-corrected chi connectivity index (χ2v) is 10.1. The summed E-state index contributed by atoms with van der Waals surface area (Å²) < 4.78 is 73.6. The second-order valence-electron chi connectivity index (χ2n) is 8.14. The minimum absolute atomic E-state index is 0.00112. The Morgan fingerprint density at radius 3 is 2.46 bits per heavy atom. The quantitative estimate of drug-likeness (QED) is 0.512. The monoisotopic (exact) mass is 507 g/mol. The van der Waals surface area contributed by atoms with Gasteiger partial charge in [-0.15, -0.1) is 0 Å². The lowest BCUT2D eigenvalue weighted by atomic mass is 10.2. The number of benzene rings is 2. The summed E-state index contributed by atoms with van der Waals surface area (Å²) in [6.45, 7) is 4.60. The van der Waals surface area contributed by atoms with Gasteiger partial charge in [0.25, 0.3) is 0 Å². The third-order valence-corrected chi connectivity index (χ3v) is 7.69. The fraction of sp³-hybridized carbons (Fsp3) is 0.292. The van der Waals surface area contributed by atoms with Crippen LogP contribution in [0, 0.1) is 13.8 Å². The van der Waals surface area contributed by atoms with Gasteiger partial charge in [0.05, 0.1) is 23.7 Å². The molecule has 4 rings (SSSR count). The zero-order valence-corrected chi connectivity index (χ0v) is 19.9. The van der Waals surface area contributed by atoms with E-state index in [1.165, 1.54) is 34.8 Å². The predicted octanol–water partition coefficient (Wildman–Crippen LogP) is 4.59. The summed E-state index contributed by atoms with van der Waals surface area (Å²) in [6.07, 6.45) is -3.01. The second kappa shape index (κ2) is 9.48. The Labute approximate surface area is 201 Å². The molecule has 1 aromatic heterocycles. The van der Waals surface area contributed by atoms with E-state index in [-0.39, 0.29) is 29.4 Å². The van der Waals surface area contributed by atoms with Crippen molar-refractivity contribution in [3.63, 3.8) is 0 Å². The van der Waals surface area contributed by atoms with Gasteiger partial charge in [-0.05, 0) is 56.3 Å². The van der Waals surface area contributed by atoms with Gasteiger partial charge in [-0.2, -0.15) is 17.5 Å². The largest absolute Gasteiger partial charge is 0.506 e. The van der Waals surface area contributed by atoms with Gasteiger partial charge in [-0.3, -0.25) is 4.99 Å². The van der Waals surface area contributed by atoms with Crippen molar-refractivity contribution in [1.82, 2.24) is 8.87 Å². The van der Waals surface area contributed by atoms with Crippen LogP contribution in [0.25, 0.3) is 5.69 Å². The molecule has 1 N–H and O–H groups in total. The topological polar surface area (TPSA) is 84.1 Å². The first-order valence-electron chi connectivity index (χ1n) is 10.8. The Hall–Kier alpha value is -3.15. The van der Waals surface area contributed by atoms with Crippen molar-refractivity contribution in [2.75, 3.05) is 26.3 Å². The van der Waals surface area contributed by atoms with Gasteiger partial charge in [0, 0.05) is 41.9 Å². The van der Waals surface area contributed by atoms with Crippen LogP contribution in [0.15, 0.2) is 58.4 Å². The van der Waals surface area contributed by atoms with E-state index in [9.17, 15) is 26.7 Å². The van der Waals surface area contributed by atoms with Crippen molar-refractivity contribution < 1.29 is 31.4 Å². The maximum absolute atomic E-state index is 13.2. The number of aryl methyl sites for hydroxylation is 1. The van der Waals surface area contributed by atoms with Crippen molar-refractivity contribution >= 4 is 21.9 Å². The van der Waals surface area contributed by atoms with Gasteiger partial charge >= 0.3 is 6.18 Å². The number of aromatic nitrogens is 1. The van der Waals surface area contributed by atoms with Crippen molar-refractivity contribution in [3.8, 4) is 11.4 Å². The summed E-state index contributed by atoms with van der Waals surface area (Å²) in [5.41, 5.74) is 1.61. The maximum atomic E-state index is 13.2. The normalized spacial score (nSPS) is 15.7. The minimum atomic E-state index is -4.46. The van der Waals surface area contributed by atoms with Gasteiger partial charge < -0.3 is 14.4 Å². The molecule has 186 valence electrons. The number of halogens is 3. The molecule has 35 heavy (non-hydrogen) atoms. The number of aromatic hydroxyl groups is 1. The molecule has 2 aromatic carbocycles. The average Bonchev–Trinajstić information content (AvgIpc) is 3.11. The number of ether oxygens (including phenoxy) is 1. The van der Waals surface area contributed by atoms with Crippen LogP contribution in [0.5, 0.6) is 5.75 Å². The Morgan fingerprint density at radius 2 is 1.77 bits per heavy atom. The molecule has 1 fully saturated rings. The number of morpholine rings is 1. The molecule has 1 aliphatic heterocycles. The number of aliphatic imine (C=N–C) groups is 1. The van der Waals surface area contributed by atoms with Crippen LogP contribution < -0.4 is 0 Å². The van der Waals surface area contributed by atoms with E-state index in [2.05, 4.69) is 4.99 Å². The van der Waals surface area contributed by atoms with Gasteiger partial charge in [-0.25, -0.2) is 8.42 Å². The first-order chi connectivity index (χ1) is 16.5. The highest BCUT2D eigenvalue weighted by atomic mass is 32.2. The number of sulfonamides is 1. The van der Waals surface area contributed by atoms with Gasteiger partial charge in [0.2, 0.25) is 10.0 Å². The van der Waals surface area contributed by atoms with E-state index >= 15 is 0 Å². The molecule has 0 amide bonds. The fourth-order valence-electron chi connectivity index (χ4n) is 3.98. The Kier molecular flexibility index (Phi) is 6.76. The number of phenolic OH excluding ortho intramolecular Hbond substituents is 1. The molecule has 0 atom stereocenters. The first kappa shape index (κ1) is 25.0. The van der Waals surface area contributed by atoms with E-state index in [1.807, 2.05) is 0 Å². The van der Waals surface area contributed by atoms with Crippen molar-refractivity contribution in [3.05, 3.63) is 71.0 Å². The molecule has 0 spiro atoms. The zero-order valence-electron chi connectivity index (χ0n) is 19.1. The number of hydrogen-bond acceptors (Lipinski definition) is 5. The van der Waals surface area contributed by atoms with Crippen LogP contribution in [0.2, 0.25) is 0 Å². The summed E-state index contributed by atoms with van der Waals surface area (Å²) in [7, 11) is -3.77. The molecule has 0 radical (unpaired) electrons. The lowest BCUT2D eigenvalue weighted by Gasteiger charge is -2.26. The minimum Gasteiger partial charge on any atom is -0.506 e. The number of nitrogens with zero attached hydrogens (tertiary/aromatic N) is 3. The third-order valence-electron chi connectivity index (χ3n) is 5.80. The summed E-state index contributed by atoms with van der Waals surface area (Å²) in [4.78, 5) is 4.28. The van der Waals surface area contributed by atoms with E-state index in [4.69, 9.17) is 4.74 Å². The number of phenols is 1. The SMILES string of the molecule is Cc1cc(C=Nc2cc(S(=O)(=O)N3CCOCC3)ccc2O)c(C)n1-c1cccc(C(F)(F)F)c1. The van der Waals surface area contributed by atoms with Gasteiger partial charge in [0.15, 0.2) is 0 Å². The van der Waals surface area contributed by atoms with E-state index in [0.29, 0.717) is 35.9 Å². The van der Waals surface area contributed by atoms with Crippen molar-refractivity contribution in [2.24, 2.45) is 4.99 Å². The smallest absolute Gasteiger partial charge is 0.416 e. The molecule has 11 heteroatoms. The lowest BCUT2D eigenvalue weighted by Crippen LogP contribution is -2.40. The lowest BCUT2D eigenvalue weighted by molar-refractivity contribution is -0.137. The molecular formula is C24H24F3N3O4S. The van der Waals surface area contributed by atoms with Crippen LogP contribution in [0.4, 0.5) is 18.9 Å². The highest BCUT2D eigenvalue weighted by Gasteiger charge is 2.31. The highest BCUT2D eigenvalue weighted by molar-refractivity contribution is 7.89. The zero-order chi connectivity index (χ0) is 25.4. The van der Waals surface area contributed by atoms with Crippen LogP contribution in [0.3, 0.4) is 0 Å². The Bertz CT molecular complexity index is 1380. The van der Waals surface area contributed by atoms with Crippen molar-refractivity contribution in [1.29, 1.82) is 0 Å². The Balaban J connectivity index is 1.66. The molecule has 2 heterocycles. The summed E-state index contributed by atoms with van der Waals surface area (Å²) in [6, 6.07) is 10.7. The Morgan fingerprint density at radius 1 is 1.06 bits per heavy atom. The van der Waals surface area contributed by atoms with Crippen LogP contribution >= 0.6 is 0 Å². The molecular weight excluding hydrogens is 483 g/mol. The molecule has 0 saturated carbocycles. The van der Waals surface area contributed by atoms with Crippen LogP contribution in [-0.2, 0) is 20.9 Å². The molecule has 0 bridgehead atoms. The highest BCUT2D eigenvalue weighted by Crippen LogP contribution is 2.33. The summed E-state index contributed by atoms with van der Waals surface area (Å²) in [5.74, 6) is -0.200. The molecule has 0 aliphatic carbocycles. The van der Waals surface area contributed by atoms with E-state index in [1.54, 1.807) is 30.5 Å². The standard InChI is InChI=1S/C24H24F3N3O4S/c1-16-12-18(17(2)30(16)20-5-3-4-19(13-20)24(25,26)27)15-28-22-14-21(6-7-23(22)31)35(32,33)29-8-10-34-11-9-29/h3-7,12-15,31H,8-11H2,1-2H3. The number of hydrogen-bond donors (Lipinski definition) is 1. The predicted molar refractivity (Wildman–Crippen MR) is 125 cm³/mol. The maximum Gasteiger partial charge on any atom is 0.416 e. The molecule has 0 unspecified atom stereocenters. The molecule has 1 saturated heterocycles. The number of alkyl halides is 3. The summed E-state index contributed by atoms with van der Waals surface area (Å²) in [5, 5.41) is 10.2. The fourth-order valence-corrected chi connectivity index (χ4v) is 5.41. The average molecular weight is 508 g/mol. The summed E-state index contributed by atoms with van der Waals surface area (Å²) >= 11 is 0. The molecule has 1 aliphatic rings. The van der Waals surface area contributed by atoms with Crippen LogP contribution in [0.1, 0.15) is 22.5 Å². The van der Waals surface area contributed by atoms with Gasteiger partial charge in [-0.1, -0.05) is 6.07 Å². The third kappa shape index (κ3) is 5.12.